The first-order chi connectivity index (χ1) is 17.2. The van der Waals surface area contributed by atoms with Crippen molar-refractivity contribution in [2.75, 3.05) is 31.5 Å². The van der Waals surface area contributed by atoms with Crippen molar-refractivity contribution in [3.8, 4) is 0 Å². The zero-order chi connectivity index (χ0) is 25.7. The smallest absolute Gasteiger partial charge is 0.417 e. The number of alkyl halides is 3. The molecule has 194 valence electrons. The maximum absolute atomic E-state index is 13.2. The second-order valence-corrected chi connectivity index (χ2v) is 9.53. The van der Waals surface area contributed by atoms with Crippen LogP contribution in [0, 0.1) is 5.92 Å². The van der Waals surface area contributed by atoms with Crippen LogP contribution in [-0.4, -0.2) is 59.1 Å². The Morgan fingerprint density at radius 3 is 2.81 bits per heavy atom. The summed E-state index contributed by atoms with van der Waals surface area (Å²) in [4.78, 5) is 31.1. The van der Waals surface area contributed by atoms with Gasteiger partial charge in [-0.05, 0) is 74.8 Å². The molecule has 1 aromatic heterocycles. The maximum Gasteiger partial charge on any atom is 0.417 e. The second-order valence-electron chi connectivity index (χ2n) is 9.53. The minimum Gasteiger partial charge on any atom is -0.480 e. The zero-order valence-corrected chi connectivity index (χ0v) is 20.0. The summed E-state index contributed by atoms with van der Waals surface area (Å²) < 4.78 is 39.7. The van der Waals surface area contributed by atoms with Crippen molar-refractivity contribution in [2.24, 2.45) is 5.92 Å². The van der Waals surface area contributed by atoms with Gasteiger partial charge in [0.05, 0.1) is 11.1 Å². The molecule has 0 saturated carbocycles. The number of benzene rings is 1. The number of carbonyl (C=O) groups is 2. The van der Waals surface area contributed by atoms with Gasteiger partial charge in [0.2, 0.25) is 0 Å². The van der Waals surface area contributed by atoms with E-state index in [1.165, 1.54) is 17.7 Å². The van der Waals surface area contributed by atoms with Gasteiger partial charge in [0.25, 0.3) is 5.91 Å². The molecule has 4 rings (SSSR count). The van der Waals surface area contributed by atoms with Gasteiger partial charge in [-0.1, -0.05) is 18.2 Å². The van der Waals surface area contributed by atoms with Gasteiger partial charge in [0.1, 0.15) is 11.9 Å². The number of carbonyl (C=O) groups excluding carboxylic acids is 1. The summed E-state index contributed by atoms with van der Waals surface area (Å²) in [5.74, 6) is -0.851. The quantitative estimate of drug-likeness (QED) is 0.478. The topological polar surface area (TPSA) is 94.6 Å². The number of halogens is 3. The Labute approximate surface area is 208 Å². The van der Waals surface area contributed by atoms with E-state index in [0.717, 1.165) is 75.4 Å². The molecule has 2 aromatic rings. The van der Waals surface area contributed by atoms with Crippen LogP contribution in [0.3, 0.4) is 0 Å². The molecule has 0 spiro atoms. The lowest BCUT2D eigenvalue weighted by molar-refractivity contribution is -0.139. The summed E-state index contributed by atoms with van der Waals surface area (Å²) in [6, 6.07) is 7.34. The molecule has 1 saturated heterocycles. The van der Waals surface area contributed by atoms with E-state index < -0.39 is 35.2 Å². The van der Waals surface area contributed by atoms with Crippen LogP contribution in [0.15, 0.2) is 36.4 Å². The number of fused-ring (bicyclic) bond motifs is 1. The van der Waals surface area contributed by atoms with Gasteiger partial charge in [0.15, 0.2) is 0 Å². The van der Waals surface area contributed by atoms with Crippen LogP contribution in [-0.2, 0) is 23.8 Å². The molecule has 36 heavy (non-hydrogen) atoms. The Hall–Kier alpha value is -3.14. The van der Waals surface area contributed by atoms with Crippen LogP contribution in [0.5, 0.6) is 0 Å². The SMILES string of the molecule is O=C(N[C@H](CCN1CC[C@H](CCc2ccc3c(n2)NCCC3)C1)C(=O)O)c1ccccc1C(F)(F)F. The molecule has 0 bridgehead atoms. The first-order valence-electron chi connectivity index (χ1n) is 12.4. The van der Waals surface area contributed by atoms with Gasteiger partial charge in [-0.2, -0.15) is 13.2 Å². The fourth-order valence-corrected chi connectivity index (χ4v) is 4.95. The molecule has 7 nitrogen and oxygen atoms in total. The minimum atomic E-state index is -4.71. The molecule has 1 aromatic carbocycles. The standard InChI is InChI=1S/C26H31F3N4O3/c27-26(28,29)21-6-2-1-5-20(21)24(34)32-22(25(35)36)12-15-33-14-11-17(16-33)7-9-19-10-8-18-4-3-13-30-23(18)31-19/h1-2,5-6,8,10,17,22H,3-4,7,9,11-16H2,(H,30,31)(H,32,34)(H,35,36)/t17-,22+/m0/s1. The van der Waals surface area contributed by atoms with Crippen LogP contribution < -0.4 is 10.6 Å². The van der Waals surface area contributed by atoms with Gasteiger partial charge < -0.3 is 20.6 Å². The molecule has 2 atom stereocenters. The van der Waals surface area contributed by atoms with Gasteiger partial charge in [-0.3, -0.25) is 4.79 Å². The van der Waals surface area contributed by atoms with Gasteiger partial charge in [0, 0.05) is 25.3 Å². The Bertz CT molecular complexity index is 1090. The number of aromatic nitrogens is 1. The predicted molar refractivity (Wildman–Crippen MR) is 129 cm³/mol. The number of nitrogens with zero attached hydrogens (tertiary/aromatic N) is 2. The number of amides is 1. The maximum atomic E-state index is 13.2. The molecule has 1 amide bonds. The third-order valence-electron chi connectivity index (χ3n) is 6.95. The largest absolute Gasteiger partial charge is 0.480 e. The van der Waals surface area contributed by atoms with E-state index in [-0.39, 0.29) is 6.42 Å². The lowest BCUT2D eigenvalue weighted by atomic mass is 10.00. The average Bonchev–Trinajstić information content (AvgIpc) is 3.32. The number of hydrogen-bond donors (Lipinski definition) is 3. The summed E-state index contributed by atoms with van der Waals surface area (Å²) in [7, 11) is 0. The average molecular weight is 505 g/mol. The number of carboxylic acid groups (broad SMARTS) is 1. The lowest BCUT2D eigenvalue weighted by Crippen LogP contribution is -2.43. The number of anilines is 1. The summed E-state index contributed by atoms with van der Waals surface area (Å²) in [6.07, 6.45) is 0.434. The highest BCUT2D eigenvalue weighted by Gasteiger charge is 2.35. The van der Waals surface area contributed by atoms with Gasteiger partial charge in [-0.25, -0.2) is 9.78 Å². The molecule has 3 heterocycles. The van der Waals surface area contributed by atoms with E-state index in [9.17, 15) is 27.9 Å². The fourth-order valence-electron chi connectivity index (χ4n) is 4.95. The number of nitrogens with one attached hydrogen (secondary N) is 2. The van der Waals surface area contributed by atoms with E-state index in [0.29, 0.717) is 12.5 Å². The van der Waals surface area contributed by atoms with Crippen molar-refractivity contribution >= 4 is 17.7 Å². The normalized spacial score (nSPS) is 18.8. The van der Waals surface area contributed by atoms with Crippen molar-refractivity contribution in [1.29, 1.82) is 0 Å². The van der Waals surface area contributed by atoms with Crippen molar-refractivity contribution in [1.82, 2.24) is 15.2 Å². The van der Waals surface area contributed by atoms with Crippen LogP contribution in [0.2, 0.25) is 0 Å². The monoisotopic (exact) mass is 504 g/mol. The molecule has 3 N–H and O–H groups in total. The molecular weight excluding hydrogens is 473 g/mol. The first kappa shape index (κ1) is 25.9. The van der Waals surface area contributed by atoms with Gasteiger partial charge >= 0.3 is 12.1 Å². The highest BCUT2D eigenvalue weighted by Crippen LogP contribution is 2.32. The number of carboxylic acids is 1. The van der Waals surface area contributed by atoms with Crippen LogP contribution in [0.1, 0.15) is 52.9 Å². The van der Waals surface area contributed by atoms with E-state index in [4.69, 9.17) is 4.98 Å². The van der Waals surface area contributed by atoms with E-state index >= 15 is 0 Å². The number of rotatable bonds is 9. The minimum absolute atomic E-state index is 0.111. The highest BCUT2D eigenvalue weighted by molar-refractivity contribution is 5.98. The van der Waals surface area contributed by atoms with E-state index in [2.05, 4.69) is 27.7 Å². The first-order valence-corrected chi connectivity index (χ1v) is 12.4. The van der Waals surface area contributed by atoms with Crippen LogP contribution in [0.25, 0.3) is 0 Å². The summed E-state index contributed by atoms with van der Waals surface area (Å²) in [5, 5.41) is 15.2. The molecular formula is C26H31F3N4O3. The predicted octanol–water partition coefficient (Wildman–Crippen LogP) is 3.99. The summed E-state index contributed by atoms with van der Waals surface area (Å²) >= 11 is 0. The number of likely N-dealkylation sites (tertiary alicyclic amines) is 1. The molecule has 0 radical (unpaired) electrons. The Morgan fingerprint density at radius 1 is 1.22 bits per heavy atom. The van der Waals surface area contributed by atoms with Crippen LogP contribution >= 0.6 is 0 Å². The Morgan fingerprint density at radius 2 is 2.03 bits per heavy atom. The van der Waals surface area contributed by atoms with E-state index in [1.54, 1.807) is 0 Å². The molecule has 10 heteroatoms. The number of aliphatic carboxylic acids is 1. The number of pyridine rings is 1. The molecule has 0 aliphatic carbocycles. The van der Waals surface area contributed by atoms with Crippen LogP contribution in [0.4, 0.5) is 19.0 Å². The van der Waals surface area contributed by atoms with Gasteiger partial charge in [-0.15, -0.1) is 0 Å². The third kappa shape index (κ3) is 6.54. The second kappa shape index (κ2) is 11.3. The highest BCUT2D eigenvalue weighted by atomic mass is 19.4. The molecule has 2 aliphatic heterocycles. The van der Waals surface area contributed by atoms with Crippen molar-refractivity contribution in [2.45, 2.75) is 50.7 Å². The Balaban J connectivity index is 1.26. The fraction of sp³-hybridized carbons (Fsp3) is 0.500. The zero-order valence-electron chi connectivity index (χ0n) is 20.0. The third-order valence-corrected chi connectivity index (χ3v) is 6.95. The number of aryl methyl sites for hydroxylation is 2. The molecule has 1 fully saturated rings. The van der Waals surface area contributed by atoms with Crippen molar-refractivity contribution in [3.63, 3.8) is 0 Å². The molecule has 0 unspecified atom stereocenters. The van der Waals surface area contributed by atoms with E-state index in [1.807, 2.05) is 0 Å². The molecule has 2 aliphatic rings. The number of hydrogen-bond acceptors (Lipinski definition) is 5. The van der Waals surface area contributed by atoms with Crippen molar-refractivity contribution in [3.05, 3.63) is 58.8 Å². The van der Waals surface area contributed by atoms with Crippen molar-refractivity contribution < 1.29 is 27.9 Å². The summed E-state index contributed by atoms with van der Waals surface area (Å²) in [5.41, 5.74) is 0.662. The Kier molecular flexibility index (Phi) is 8.13. The summed E-state index contributed by atoms with van der Waals surface area (Å²) in [6.45, 7) is 3.03. The lowest BCUT2D eigenvalue weighted by Gasteiger charge is -2.21.